The van der Waals surface area contributed by atoms with E-state index in [0.717, 1.165) is 0 Å². The first-order valence-electron chi connectivity index (χ1n) is 7.06. The lowest BCUT2D eigenvalue weighted by molar-refractivity contribution is 0.312. The van der Waals surface area contributed by atoms with Gasteiger partial charge in [-0.2, -0.15) is 4.31 Å². The van der Waals surface area contributed by atoms with Crippen molar-refractivity contribution in [1.29, 1.82) is 0 Å². The Hall–Kier alpha value is -1.18. The van der Waals surface area contributed by atoms with Crippen molar-refractivity contribution in [3.63, 3.8) is 0 Å². The van der Waals surface area contributed by atoms with Gasteiger partial charge in [-0.15, -0.1) is 0 Å². The molecule has 1 heterocycles. The van der Waals surface area contributed by atoms with E-state index in [2.05, 4.69) is 10.3 Å². The largest absolute Gasteiger partial charge is 0.373 e. The zero-order valence-electron chi connectivity index (χ0n) is 13.5. The van der Waals surface area contributed by atoms with Gasteiger partial charge in [-0.25, -0.2) is 13.4 Å². The number of pyridine rings is 1. The maximum absolute atomic E-state index is 12.8. The Morgan fingerprint density at radius 3 is 2.48 bits per heavy atom. The molecule has 7 heteroatoms. The second kappa shape index (κ2) is 7.72. The van der Waals surface area contributed by atoms with Gasteiger partial charge in [0.1, 0.15) is 5.82 Å². The molecule has 0 unspecified atom stereocenters. The van der Waals surface area contributed by atoms with E-state index in [1.165, 1.54) is 6.20 Å². The highest BCUT2D eigenvalue weighted by Gasteiger charge is 2.25. The smallest absolute Gasteiger partial charge is 0.243 e. The fourth-order valence-corrected chi connectivity index (χ4v) is 3.49. The summed E-state index contributed by atoms with van der Waals surface area (Å²) >= 11 is 0. The summed E-state index contributed by atoms with van der Waals surface area (Å²) in [5, 5.41) is 2.87. The molecule has 0 aliphatic carbocycles. The monoisotopic (exact) mass is 314 g/mol. The van der Waals surface area contributed by atoms with Crippen LogP contribution in [0.4, 0.5) is 5.82 Å². The fraction of sp³-hybridized carbons (Fsp3) is 0.643. The summed E-state index contributed by atoms with van der Waals surface area (Å²) in [5.74, 6) is 0.820. The molecule has 0 spiro atoms. The molecule has 0 radical (unpaired) electrons. The quantitative estimate of drug-likeness (QED) is 0.784. The predicted molar refractivity (Wildman–Crippen MR) is 85.9 cm³/mol. The lowest BCUT2D eigenvalue weighted by atomic mass is 10.2. The Labute approximate surface area is 128 Å². The van der Waals surface area contributed by atoms with Gasteiger partial charge < -0.3 is 10.2 Å². The van der Waals surface area contributed by atoms with Crippen molar-refractivity contribution < 1.29 is 8.42 Å². The SMILES string of the molecule is CNc1cc(S(=O)(=O)N(CCN(C)C)CC(C)C)ccn1. The molecule has 0 bridgehead atoms. The number of likely N-dealkylation sites (N-methyl/N-ethyl adjacent to an activating group) is 1. The van der Waals surface area contributed by atoms with Crippen LogP contribution in [-0.4, -0.2) is 63.4 Å². The molecular formula is C14H26N4O2S. The minimum atomic E-state index is -3.50. The van der Waals surface area contributed by atoms with E-state index < -0.39 is 10.0 Å². The van der Waals surface area contributed by atoms with Gasteiger partial charge in [-0.05, 0) is 26.1 Å². The summed E-state index contributed by atoms with van der Waals surface area (Å²) < 4.78 is 27.1. The lowest BCUT2D eigenvalue weighted by Crippen LogP contribution is -2.39. The van der Waals surface area contributed by atoms with Gasteiger partial charge in [-0.3, -0.25) is 0 Å². The van der Waals surface area contributed by atoms with Crippen LogP contribution in [0.25, 0.3) is 0 Å². The number of sulfonamides is 1. The number of nitrogens with zero attached hydrogens (tertiary/aromatic N) is 3. The molecule has 0 saturated heterocycles. The van der Waals surface area contributed by atoms with Crippen molar-refractivity contribution >= 4 is 15.8 Å². The van der Waals surface area contributed by atoms with E-state index >= 15 is 0 Å². The third-order valence-electron chi connectivity index (χ3n) is 2.99. The molecule has 1 aromatic rings. The van der Waals surface area contributed by atoms with Crippen molar-refractivity contribution in [3.8, 4) is 0 Å². The van der Waals surface area contributed by atoms with Gasteiger partial charge in [0, 0.05) is 38.9 Å². The fourth-order valence-electron chi connectivity index (χ4n) is 1.89. The number of hydrogen-bond acceptors (Lipinski definition) is 5. The van der Waals surface area contributed by atoms with Crippen LogP contribution < -0.4 is 5.32 Å². The third-order valence-corrected chi connectivity index (χ3v) is 4.85. The molecule has 6 nitrogen and oxygen atoms in total. The van der Waals surface area contributed by atoms with Gasteiger partial charge in [0.05, 0.1) is 4.90 Å². The Bertz CT molecular complexity index is 544. The molecule has 0 aromatic carbocycles. The first-order chi connectivity index (χ1) is 9.77. The van der Waals surface area contributed by atoms with Crippen molar-refractivity contribution in [2.24, 2.45) is 5.92 Å². The van der Waals surface area contributed by atoms with Gasteiger partial charge in [-0.1, -0.05) is 13.8 Å². The van der Waals surface area contributed by atoms with Crippen LogP contribution >= 0.6 is 0 Å². The van der Waals surface area contributed by atoms with Crippen LogP contribution in [-0.2, 0) is 10.0 Å². The van der Waals surface area contributed by atoms with Crippen LogP contribution in [0.2, 0.25) is 0 Å². The molecule has 0 saturated carbocycles. The van der Waals surface area contributed by atoms with E-state index in [1.54, 1.807) is 23.5 Å². The van der Waals surface area contributed by atoms with Crippen molar-refractivity contribution in [2.45, 2.75) is 18.7 Å². The van der Waals surface area contributed by atoms with Gasteiger partial charge in [0.15, 0.2) is 0 Å². The van der Waals surface area contributed by atoms with Crippen LogP contribution in [0.3, 0.4) is 0 Å². The first-order valence-corrected chi connectivity index (χ1v) is 8.50. The molecule has 120 valence electrons. The molecular weight excluding hydrogens is 288 g/mol. The van der Waals surface area contributed by atoms with E-state index in [4.69, 9.17) is 0 Å². The zero-order chi connectivity index (χ0) is 16.0. The summed E-state index contributed by atoms with van der Waals surface area (Å²) in [7, 11) is 2.09. The van der Waals surface area contributed by atoms with Gasteiger partial charge >= 0.3 is 0 Å². The van der Waals surface area contributed by atoms with Crippen molar-refractivity contribution in [2.75, 3.05) is 46.1 Å². The Kier molecular flexibility index (Phi) is 6.57. The number of hydrogen-bond donors (Lipinski definition) is 1. The number of nitrogens with one attached hydrogen (secondary N) is 1. The molecule has 1 rings (SSSR count). The molecule has 1 N–H and O–H groups in total. The third kappa shape index (κ3) is 5.26. The second-order valence-electron chi connectivity index (χ2n) is 5.69. The summed E-state index contributed by atoms with van der Waals surface area (Å²) in [4.78, 5) is 6.32. The highest BCUT2D eigenvalue weighted by Crippen LogP contribution is 2.18. The summed E-state index contributed by atoms with van der Waals surface area (Å²) in [6, 6.07) is 3.11. The molecule has 0 aliphatic heterocycles. The average molecular weight is 314 g/mol. The van der Waals surface area contributed by atoms with E-state index in [0.29, 0.717) is 25.5 Å². The van der Waals surface area contributed by atoms with Crippen LogP contribution in [0.5, 0.6) is 0 Å². The van der Waals surface area contributed by atoms with Crippen LogP contribution in [0.1, 0.15) is 13.8 Å². The maximum Gasteiger partial charge on any atom is 0.243 e. The number of anilines is 1. The minimum absolute atomic E-state index is 0.271. The molecule has 0 amide bonds. The topological polar surface area (TPSA) is 65.5 Å². The maximum atomic E-state index is 12.8. The average Bonchev–Trinajstić information content (AvgIpc) is 2.42. The van der Waals surface area contributed by atoms with Crippen LogP contribution in [0, 0.1) is 5.92 Å². The molecule has 1 aromatic heterocycles. The minimum Gasteiger partial charge on any atom is -0.373 e. The molecule has 21 heavy (non-hydrogen) atoms. The summed E-state index contributed by atoms with van der Waals surface area (Å²) in [6.07, 6.45) is 1.51. The van der Waals surface area contributed by atoms with Crippen LogP contribution in [0.15, 0.2) is 23.2 Å². The summed E-state index contributed by atoms with van der Waals surface area (Å²) in [6.45, 7) is 5.71. The lowest BCUT2D eigenvalue weighted by Gasteiger charge is -2.25. The van der Waals surface area contributed by atoms with E-state index in [1.807, 2.05) is 32.8 Å². The Balaban J connectivity index is 3.06. The molecule has 0 aliphatic rings. The standard InChI is InChI=1S/C14H26N4O2S/c1-12(2)11-18(9-8-17(4)5)21(19,20)13-6-7-16-14(10-13)15-3/h6-7,10,12H,8-9,11H2,1-5H3,(H,15,16). The highest BCUT2D eigenvalue weighted by molar-refractivity contribution is 7.89. The Morgan fingerprint density at radius 1 is 1.29 bits per heavy atom. The number of rotatable bonds is 8. The Morgan fingerprint density at radius 2 is 1.95 bits per heavy atom. The highest BCUT2D eigenvalue weighted by atomic mass is 32.2. The molecule has 0 atom stereocenters. The predicted octanol–water partition coefficient (Wildman–Crippen LogP) is 1.33. The normalized spacial score (nSPS) is 12.4. The van der Waals surface area contributed by atoms with Gasteiger partial charge in [0.25, 0.3) is 0 Å². The van der Waals surface area contributed by atoms with Gasteiger partial charge in [0.2, 0.25) is 10.0 Å². The summed E-state index contributed by atoms with van der Waals surface area (Å²) in [5.41, 5.74) is 0. The van der Waals surface area contributed by atoms with Crippen molar-refractivity contribution in [1.82, 2.24) is 14.2 Å². The van der Waals surface area contributed by atoms with E-state index in [-0.39, 0.29) is 10.8 Å². The zero-order valence-corrected chi connectivity index (χ0v) is 14.3. The molecule has 0 fully saturated rings. The number of aromatic nitrogens is 1. The van der Waals surface area contributed by atoms with Crippen molar-refractivity contribution in [3.05, 3.63) is 18.3 Å². The van der Waals surface area contributed by atoms with E-state index in [9.17, 15) is 8.42 Å². The first kappa shape index (κ1) is 17.9. The second-order valence-corrected chi connectivity index (χ2v) is 7.62.